The van der Waals surface area contributed by atoms with Crippen LogP contribution in [0.1, 0.15) is 5.56 Å². The van der Waals surface area contributed by atoms with E-state index in [0.29, 0.717) is 0 Å². The van der Waals surface area contributed by atoms with Crippen molar-refractivity contribution in [2.75, 3.05) is 13.7 Å². The van der Waals surface area contributed by atoms with Gasteiger partial charge in [-0.15, -0.1) is 0 Å². The maximum Gasteiger partial charge on any atom is 0.115 e. The quantitative estimate of drug-likeness (QED) is 0.748. The van der Waals surface area contributed by atoms with Gasteiger partial charge in [0.1, 0.15) is 5.75 Å². The van der Waals surface area contributed by atoms with Gasteiger partial charge in [0.2, 0.25) is 0 Å². The highest BCUT2D eigenvalue weighted by molar-refractivity contribution is 7.44. The summed E-state index contributed by atoms with van der Waals surface area (Å²) in [4.78, 5) is 0. The van der Waals surface area contributed by atoms with Crippen LogP contribution in [0.15, 0.2) is 24.3 Å². The predicted octanol–water partition coefficient (Wildman–Crippen LogP) is 1.67. The van der Waals surface area contributed by atoms with Gasteiger partial charge in [-0.1, -0.05) is 12.1 Å². The molecule has 0 aliphatic heterocycles. The Hall–Kier alpha value is -0.790. The van der Waals surface area contributed by atoms with Gasteiger partial charge in [0, 0.05) is 0 Å². The fraction of sp³-hybridized carbons (Fsp3) is 0.400. The Labute approximate surface area is 84.9 Å². The molecule has 0 bridgehead atoms. The van der Waals surface area contributed by atoms with Crippen molar-refractivity contribution in [3.63, 3.8) is 0 Å². The van der Waals surface area contributed by atoms with Crippen molar-refractivity contribution in [1.29, 1.82) is 0 Å². The number of phenolic OH excluding ortho intramolecular Hbond substituents is 1. The van der Waals surface area contributed by atoms with Crippen molar-refractivity contribution in [3.8, 4) is 5.75 Å². The smallest absolute Gasteiger partial charge is 0.115 e. The van der Waals surface area contributed by atoms with Gasteiger partial charge in [0.25, 0.3) is 0 Å². The largest absolute Gasteiger partial charge is 0.508 e. The zero-order chi connectivity index (χ0) is 10.6. The third-order valence-electron chi connectivity index (χ3n) is 2.22. The van der Waals surface area contributed by atoms with Crippen LogP contribution in [0.5, 0.6) is 5.75 Å². The lowest BCUT2D eigenvalue weighted by Gasteiger charge is -2.13. The molecule has 0 saturated carbocycles. The van der Waals surface area contributed by atoms with Crippen molar-refractivity contribution >= 4 is 7.80 Å². The molecule has 0 heterocycles. The van der Waals surface area contributed by atoms with Gasteiger partial charge in [0.15, 0.2) is 0 Å². The van der Waals surface area contributed by atoms with E-state index in [1.165, 1.54) is 0 Å². The van der Waals surface area contributed by atoms with Crippen LogP contribution >= 0.6 is 7.80 Å². The average molecular weight is 213 g/mol. The van der Waals surface area contributed by atoms with E-state index in [9.17, 15) is 4.57 Å². The van der Waals surface area contributed by atoms with E-state index in [1.54, 1.807) is 18.8 Å². The molecule has 1 rings (SSSR count). The molecule has 0 fully saturated rings. The topological polar surface area (TPSA) is 49.3 Å². The van der Waals surface area contributed by atoms with Gasteiger partial charge >= 0.3 is 0 Å². The number of nitrogens with one attached hydrogen (secondary N) is 1. The Morgan fingerprint density at radius 3 is 2.43 bits per heavy atom. The van der Waals surface area contributed by atoms with Gasteiger partial charge in [0.05, 0.1) is 13.6 Å². The summed E-state index contributed by atoms with van der Waals surface area (Å²) in [6, 6.07) is 7.00. The first-order valence-electron chi connectivity index (χ1n) is 4.59. The van der Waals surface area contributed by atoms with E-state index in [0.717, 1.165) is 12.0 Å². The van der Waals surface area contributed by atoms with Crippen LogP contribution in [0.4, 0.5) is 0 Å². The minimum atomic E-state index is -1.56. The standard InChI is InChI=1S/C10H16NO2P/c1-11-10(14(2)13)7-8-3-5-9(12)6-4-8/h3-6,10-12,14H,7H2,1-2H3. The van der Waals surface area contributed by atoms with Crippen LogP contribution < -0.4 is 5.32 Å². The number of likely N-dealkylation sites (N-methyl/N-ethyl adjacent to an activating group) is 1. The van der Waals surface area contributed by atoms with E-state index in [4.69, 9.17) is 5.11 Å². The van der Waals surface area contributed by atoms with Gasteiger partial charge in [-0.05, 0) is 37.8 Å². The molecule has 0 aromatic heterocycles. The van der Waals surface area contributed by atoms with Crippen LogP contribution in [0.2, 0.25) is 0 Å². The van der Waals surface area contributed by atoms with Gasteiger partial charge < -0.3 is 15.0 Å². The predicted molar refractivity (Wildman–Crippen MR) is 59.6 cm³/mol. The lowest BCUT2D eigenvalue weighted by atomic mass is 10.1. The number of hydrogen-bond acceptors (Lipinski definition) is 3. The van der Waals surface area contributed by atoms with Crippen molar-refractivity contribution in [2.24, 2.45) is 0 Å². The second-order valence-electron chi connectivity index (χ2n) is 3.32. The summed E-state index contributed by atoms with van der Waals surface area (Å²) in [5.41, 5.74) is 1.09. The number of aromatic hydroxyl groups is 1. The molecule has 0 spiro atoms. The zero-order valence-corrected chi connectivity index (χ0v) is 9.45. The maximum atomic E-state index is 11.3. The summed E-state index contributed by atoms with van der Waals surface area (Å²) in [5, 5.41) is 12.1. The third-order valence-corrected chi connectivity index (χ3v) is 3.69. The first-order valence-corrected chi connectivity index (χ1v) is 6.57. The van der Waals surface area contributed by atoms with Crippen LogP contribution in [0.25, 0.3) is 0 Å². The van der Waals surface area contributed by atoms with E-state index >= 15 is 0 Å². The Bertz CT molecular complexity index is 310. The highest BCUT2D eigenvalue weighted by Crippen LogP contribution is 2.24. The minimum absolute atomic E-state index is 0.0459. The van der Waals surface area contributed by atoms with E-state index in [-0.39, 0.29) is 11.5 Å². The van der Waals surface area contributed by atoms with Gasteiger partial charge in [-0.2, -0.15) is 0 Å². The Kier molecular flexibility index (Phi) is 4.18. The summed E-state index contributed by atoms with van der Waals surface area (Å²) in [6.45, 7) is 1.76. The summed E-state index contributed by atoms with van der Waals surface area (Å²) in [5.74, 6) is 0.309. The van der Waals surface area contributed by atoms with E-state index in [2.05, 4.69) is 5.32 Å². The normalized spacial score (nSPS) is 15.0. The molecule has 2 N–H and O–H groups in total. The minimum Gasteiger partial charge on any atom is -0.508 e. The molecule has 1 aromatic rings. The fourth-order valence-electron chi connectivity index (χ4n) is 1.32. The van der Waals surface area contributed by atoms with Crippen LogP contribution in [0.3, 0.4) is 0 Å². The number of benzene rings is 1. The number of hydrogen-bond donors (Lipinski definition) is 2. The highest BCUT2D eigenvalue weighted by atomic mass is 31.1. The number of phenols is 1. The monoisotopic (exact) mass is 213 g/mol. The molecule has 14 heavy (non-hydrogen) atoms. The second-order valence-corrected chi connectivity index (χ2v) is 5.24. The van der Waals surface area contributed by atoms with Crippen molar-refractivity contribution in [3.05, 3.63) is 29.8 Å². The first kappa shape index (κ1) is 11.3. The van der Waals surface area contributed by atoms with Crippen molar-refractivity contribution in [2.45, 2.75) is 12.2 Å². The van der Waals surface area contributed by atoms with Gasteiger partial charge in [-0.3, -0.25) is 0 Å². The third kappa shape index (κ3) is 3.17. The van der Waals surface area contributed by atoms with Crippen molar-refractivity contribution in [1.82, 2.24) is 5.32 Å². The van der Waals surface area contributed by atoms with Crippen LogP contribution in [0, 0.1) is 0 Å². The lowest BCUT2D eigenvalue weighted by molar-refractivity contribution is 0.475. The first-order chi connectivity index (χ1) is 6.63. The van der Waals surface area contributed by atoms with Crippen LogP contribution in [-0.4, -0.2) is 24.6 Å². The number of rotatable bonds is 4. The molecule has 0 saturated heterocycles. The molecule has 1 aromatic carbocycles. The molecule has 4 heteroatoms. The zero-order valence-electron chi connectivity index (χ0n) is 8.45. The average Bonchev–Trinajstić information content (AvgIpc) is 2.16. The van der Waals surface area contributed by atoms with Crippen molar-refractivity contribution < 1.29 is 9.67 Å². The summed E-state index contributed by atoms with van der Waals surface area (Å²) < 4.78 is 11.3. The molecule has 78 valence electrons. The fourth-order valence-corrected chi connectivity index (χ4v) is 2.25. The molecule has 0 aliphatic rings. The lowest BCUT2D eigenvalue weighted by Crippen LogP contribution is -2.23. The summed E-state index contributed by atoms with van der Waals surface area (Å²) in [6.07, 6.45) is 0.741. The van der Waals surface area contributed by atoms with E-state index < -0.39 is 7.80 Å². The molecular formula is C10H16NO2P. The molecule has 0 amide bonds. The Morgan fingerprint density at radius 1 is 1.43 bits per heavy atom. The van der Waals surface area contributed by atoms with Crippen LogP contribution in [-0.2, 0) is 11.0 Å². The molecule has 2 unspecified atom stereocenters. The molecule has 0 radical (unpaired) electrons. The SMILES string of the molecule is CNC(Cc1ccc(O)cc1)[PH](C)=O. The van der Waals surface area contributed by atoms with Gasteiger partial charge in [-0.25, -0.2) is 0 Å². The summed E-state index contributed by atoms with van der Waals surface area (Å²) in [7, 11) is 0.262. The maximum absolute atomic E-state index is 11.3. The highest BCUT2D eigenvalue weighted by Gasteiger charge is 2.10. The summed E-state index contributed by atoms with van der Waals surface area (Å²) >= 11 is 0. The molecule has 2 atom stereocenters. The Morgan fingerprint density at radius 2 is 2.00 bits per heavy atom. The Balaban J connectivity index is 2.67. The molecule has 3 nitrogen and oxygen atoms in total. The molecule has 0 aliphatic carbocycles. The molecular weight excluding hydrogens is 197 g/mol. The van der Waals surface area contributed by atoms with E-state index in [1.807, 2.05) is 19.2 Å². The second kappa shape index (κ2) is 5.18.